The number of carbonyl (C=O) groups excluding carboxylic acids is 1. The molecule has 118 valence electrons. The van der Waals surface area contributed by atoms with Gasteiger partial charge in [-0.05, 0) is 50.1 Å². The van der Waals surface area contributed by atoms with Gasteiger partial charge in [0, 0.05) is 30.5 Å². The van der Waals surface area contributed by atoms with E-state index in [1.807, 2.05) is 45.2 Å². The maximum atomic E-state index is 13.0. The molecule has 4 nitrogen and oxygen atoms in total. The van der Waals surface area contributed by atoms with E-state index < -0.39 is 0 Å². The molecule has 2 heterocycles. The van der Waals surface area contributed by atoms with Crippen LogP contribution in [0.5, 0.6) is 0 Å². The maximum Gasteiger partial charge on any atom is 0.256 e. The highest BCUT2D eigenvalue weighted by Crippen LogP contribution is 2.27. The second-order valence-electron chi connectivity index (χ2n) is 5.98. The summed E-state index contributed by atoms with van der Waals surface area (Å²) in [6.45, 7) is 6.14. The second kappa shape index (κ2) is 5.88. The number of nitrogens with one attached hydrogen (secondary N) is 1. The number of aromatic amines is 1. The van der Waals surface area contributed by atoms with Crippen LogP contribution in [0.4, 0.5) is 0 Å². The minimum absolute atomic E-state index is 0.0150. The molecule has 0 radical (unpaired) electrons. The van der Waals surface area contributed by atoms with Crippen LogP contribution in [-0.4, -0.2) is 27.8 Å². The van der Waals surface area contributed by atoms with E-state index in [1.54, 1.807) is 17.3 Å². The van der Waals surface area contributed by atoms with Crippen molar-refractivity contribution >= 4 is 16.8 Å². The van der Waals surface area contributed by atoms with Crippen LogP contribution in [0.2, 0.25) is 0 Å². The number of pyridine rings is 1. The molecule has 0 fully saturated rings. The van der Waals surface area contributed by atoms with Gasteiger partial charge in [0.05, 0.1) is 17.1 Å². The summed E-state index contributed by atoms with van der Waals surface area (Å²) in [4.78, 5) is 22.1. The number of amides is 1. The first-order chi connectivity index (χ1) is 11.0. The third-order valence-electron chi connectivity index (χ3n) is 4.66. The van der Waals surface area contributed by atoms with Crippen LogP contribution >= 0.6 is 0 Å². The Balaban J connectivity index is 1.99. The van der Waals surface area contributed by atoms with Gasteiger partial charge in [0.25, 0.3) is 5.91 Å². The molecule has 0 aliphatic carbocycles. The molecular weight excluding hydrogens is 286 g/mol. The molecule has 1 unspecified atom stereocenters. The number of fused-ring (bicyclic) bond motifs is 1. The van der Waals surface area contributed by atoms with Crippen molar-refractivity contribution in [2.75, 3.05) is 7.05 Å². The summed E-state index contributed by atoms with van der Waals surface area (Å²) in [7, 11) is 1.84. The average molecular weight is 307 g/mol. The van der Waals surface area contributed by atoms with Crippen molar-refractivity contribution in [3.05, 3.63) is 65.1 Å². The van der Waals surface area contributed by atoms with E-state index in [0.29, 0.717) is 5.56 Å². The number of benzene rings is 1. The van der Waals surface area contributed by atoms with Gasteiger partial charge in [0.1, 0.15) is 0 Å². The molecule has 0 spiro atoms. The third-order valence-corrected chi connectivity index (χ3v) is 4.66. The van der Waals surface area contributed by atoms with E-state index in [0.717, 1.165) is 22.2 Å². The highest BCUT2D eigenvalue weighted by Gasteiger charge is 2.21. The number of aromatic nitrogens is 2. The Morgan fingerprint density at radius 1 is 1.17 bits per heavy atom. The molecule has 0 bridgehead atoms. The van der Waals surface area contributed by atoms with Gasteiger partial charge in [-0.25, -0.2) is 0 Å². The highest BCUT2D eigenvalue weighted by molar-refractivity contribution is 6.06. The number of aryl methyl sites for hydroxylation is 2. The average Bonchev–Trinajstić information content (AvgIpc) is 2.88. The lowest BCUT2D eigenvalue weighted by atomic mass is 10.1. The SMILES string of the molecule is Cc1[nH]c2c(C(=O)N(C)C(C)c3ccncc3)cccc2c1C. The largest absolute Gasteiger partial charge is 0.358 e. The summed E-state index contributed by atoms with van der Waals surface area (Å²) < 4.78 is 0. The minimum atomic E-state index is -0.0158. The summed E-state index contributed by atoms with van der Waals surface area (Å²) in [5, 5.41) is 1.11. The Morgan fingerprint density at radius 3 is 2.57 bits per heavy atom. The summed E-state index contributed by atoms with van der Waals surface area (Å²) >= 11 is 0. The Hall–Kier alpha value is -2.62. The molecule has 4 heteroatoms. The lowest BCUT2D eigenvalue weighted by Crippen LogP contribution is -2.29. The summed E-state index contributed by atoms with van der Waals surface area (Å²) in [6, 6.07) is 9.75. The lowest BCUT2D eigenvalue weighted by Gasteiger charge is -2.25. The second-order valence-corrected chi connectivity index (χ2v) is 5.98. The first-order valence-electron chi connectivity index (χ1n) is 7.75. The number of hydrogen-bond donors (Lipinski definition) is 1. The molecule has 0 aliphatic heterocycles. The van der Waals surface area contributed by atoms with Crippen molar-refractivity contribution in [2.24, 2.45) is 0 Å². The fourth-order valence-electron chi connectivity index (χ4n) is 2.89. The molecule has 1 aromatic carbocycles. The first kappa shape index (κ1) is 15.3. The van der Waals surface area contributed by atoms with Crippen LogP contribution in [0.25, 0.3) is 10.9 Å². The Morgan fingerprint density at radius 2 is 1.87 bits per heavy atom. The van der Waals surface area contributed by atoms with Crippen molar-refractivity contribution in [3.8, 4) is 0 Å². The molecule has 0 saturated carbocycles. The van der Waals surface area contributed by atoms with Crippen LogP contribution in [0.3, 0.4) is 0 Å². The van der Waals surface area contributed by atoms with Crippen LogP contribution < -0.4 is 0 Å². The van der Waals surface area contributed by atoms with E-state index in [-0.39, 0.29) is 11.9 Å². The van der Waals surface area contributed by atoms with E-state index >= 15 is 0 Å². The molecule has 23 heavy (non-hydrogen) atoms. The molecule has 1 amide bonds. The number of para-hydroxylation sites is 1. The molecule has 0 saturated heterocycles. The van der Waals surface area contributed by atoms with E-state index in [1.165, 1.54) is 5.56 Å². The van der Waals surface area contributed by atoms with Crippen molar-refractivity contribution in [2.45, 2.75) is 26.8 Å². The minimum Gasteiger partial charge on any atom is -0.358 e. The fraction of sp³-hybridized carbons (Fsp3) is 0.263. The normalized spacial score (nSPS) is 12.3. The first-order valence-corrected chi connectivity index (χ1v) is 7.75. The van der Waals surface area contributed by atoms with Crippen molar-refractivity contribution in [1.29, 1.82) is 0 Å². The zero-order valence-corrected chi connectivity index (χ0v) is 13.9. The number of carbonyl (C=O) groups is 1. The van der Waals surface area contributed by atoms with Crippen LogP contribution in [0.15, 0.2) is 42.7 Å². The maximum absolute atomic E-state index is 13.0. The Labute approximate surface area is 136 Å². The molecule has 0 aliphatic rings. The fourth-order valence-corrected chi connectivity index (χ4v) is 2.89. The standard InChI is InChI=1S/C19H21N3O/c1-12-13(2)21-18-16(12)6-5-7-17(18)19(23)22(4)14(3)15-8-10-20-11-9-15/h5-11,14,21H,1-4H3. The van der Waals surface area contributed by atoms with E-state index in [9.17, 15) is 4.79 Å². The van der Waals surface area contributed by atoms with Gasteiger partial charge < -0.3 is 9.88 Å². The third kappa shape index (κ3) is 2.61. The predicted octanol–water partition coefficient (Wildman–Crippen LogP) is 4.01. The summed E-state index contributed by atoms with van der Waals surface area (Å²) in [5.41, 5.74) is 5.00. The van der Waals surface area contributed by atoms with Gasteiger partial charge >= 0.3 is 0 Å². The topological polar surface area (TPSA) is 49.0 Å². The van der Waals surface area contributed by atoms with E-state index in [2.05, 4.69) is 23.0 Å². The molecule has 3 rings (SSSR count). The van der Waals surface area contributed by atoms with Gasteiger partial charge in [-0.1, -0.05) is 12.1 Å². The van der Waals surface area contributed by atoms with Crippen molar-refractivity contribution < 1.29 is 4.79 Å². The van der Waals surface area contributed by atoms with Gasteiger partial charge in [-0.3, -0.25) is 9.78 Å². The number of rotatable bonds is 3. The number of H-pyrrole nitrogens is 1. The van der Waals surface area contributed by atoms with Gasteiger partial charge in [0.2, 0.25) is 0 Å². The zero-order chi connectivity index (χ0) is 16.6. The molecule has 1 N–H and O–H groups in total. The van der Waals surface area contributed by atoms with Crippen molar-refractivity contribution in [1.82, 2.24) is 14.9 Å². The van der Waals surface area contributed by atoms with Crippen molar-refractivity contribution in [3.63, 3.8) is 0 Å². The number of nitrogens with zero attached hydrogens (tertiary/aromatic N) is 2. The summed E-state index contributed by atoms with van der Waals surface area (Å²) in [5.74, 6) is 0.0150. The highest BCUT2D eigenvalue weighted by atomic mass is 16.2. The van der Waals surface area contributed by atoms with Gasteiger partial charge in [-0.2, -0.15) is 0 Å². The molecular formula is C19H21N3O. The van der Waals surface area contributed by atoms with Crippen LogP contribution in [0, 0.1) is 13.8 Å². The van der Waals surface area contributed by atoms with E-state index in [4.69, 9.17) is 0 Å². The monoisotopic (exact) mass is 307 g/mol. The van der Waals surface area contributed by atoms with Crippen LogP contribution in [-0.2, 0) is 0 Å². The van der Waals surface area contributed by atoms with Crippen LogP contribution in [0.1, 0.15) is 40.1 Å². The van der Waals surface area contributed by atoms with Gasteiger partial charge in [0.15, 0.2) is 0 Å². The number of hydrogen-bond acceptors (Lipinski definition) is 2. The Kier molecular flexibility index (Phi) is 3.90. The quantitative estimate of drug-likeness (QED) is 0.794. The summed E-state index contributed by atoms with van der Waals surface area (Å²) in [6.07, 6.45) is 3.51. The lowest BCUT2D eigenvalue weighted by molar-refractivity contribution is 0.0744. The van der Waals surface area contributed by atoms with Gasteiger partial charge in [-0.15, -0.1) is 0 Å². The smallest absolute Gasteiger partial charge is 0.256 e. The predicted molar refractivity (Wildman–Crippen MR) is 92.5 cm³/mol. The zero-order valence-electron chi connectivity index (χ0n) is 13.9. The molecule has 3 aromatic rings. The molecule has 1 atom stereocenters. The Bertz CT molecular complexity index is 852. The molecule has 2 aromatic heterocycles.